The molecule has 0 radical (unpaired) electrons. The Hall–Kier alpha value is -3.26. The molecule has 3 heterocycles. The standard InChI is InChI=1S/C21H19N3O4S/c1-2-27-20(26)8-10-24-17-11-14(6-7-18(17)28-12-19(24)25)16-13-29-21(23-16)15-5-3-4-9-22-15/h3-7,9,11,13H,2,8,10,12H2,1H3. The maximum absolute atomic E-state index is 12.4. The minimum Gasteiger partial charge on any atom is -0.482 e. The molecule has 0 saturated carbocycles. The molecular formula is C21H19N3O4S. The Morgan fingerprint density at radius 2 is 2.17 bits per heavy atom. The molecule has 0 saturated heterocycles. The SMILES string of the molecule is CCOC(=O)CCN1C(=O)COc2ccc(-c3csc(-c4ccccn4)n3)cc21. The fourth-order valence-corrected chi connectivity index (χ4v) is 3.86. The van der Waals surface area contributed by atoms with Gasteiger partial charge >= 0.3 is 5.97 Å². The Morgan fingerprint density at radius 3 is 2.97 bits per heavy atom. The lowest BCUT2D eigenvalue weighted by Crippen LogP contribution is -2.40. The molecule has 0 fully saturated rings. The zero-order chi connectivity index (χ0) is 20.2. The molecule has 1 aromatic carbocycles. The molecule has 1 amide bonds. The number of aromatic nitrogens is 2. The first kappa shape index (κ1) is 19.1. The minimum atomic E-state index is -0.330. The molecule has 0 bridgehead atoms. The quantitative estimate of drug-likeness (QED) is 0.579. The van der Waals surface area contributed by atoms with Gasteiger partial charge in [0.05, 0.1) is 30.1 Å². The number of nitrogens with zero attached hydrogens (tertiary/aromatic N) is 3. The van der Waals surface area contributed by atoms with Crippen molar-refractivity contribution in [2.45, 2.75) is 13.3 Å². The fraction of sp³-hybridized carbons (Fsp3) is 0.238. The van der Waals surface area contributed by atoms with Crippen LogP contribution in [0.25, 0.3) is 22.0 Å². The third-order valence-corrected chi connectivity index (χ3v) is 5.30. The van der Waals surface area contributed by atoms with Crippen LogP contribution in [0.5, 0.6) is 5.75 Å². The minimum absolute atomic E-state index is 0.0459. The molecular weight excluding hydrogens is 390 g/mol. The van der Waals surface area contributed by atoms with E-state index >= 15 is 0 Å². The Bertz CT molecular complexity index is 1040. The van der Waals surface area contributed by atoms with Crippen LogP contribution in [0, 0.1) is 0 Å². The number of rotatable bonds is 6. The van der Waals surface area contributed by atoms with Gasteiger partial charge in [0.15, 0.2) is 6.61 Å². The van der Waals surface area contributed by atoms with Gasteiger partial charge in [-0.05, 0) is 37.3 Å². The molecule has 4 rings (SSSR count). The normalized spacial score (nSPS) is 13.0. The van der Waals surface area contributed by atoms with E-state index in [4.69, 9.17) is 9.47 Å². The predicted molar refractivity (Wildman–Crippen MR) is 110 cm³/mol. The van der Waals surface area contributed by atoms with Crippen LogP contribution in [-0.4, -0.2) is 41.6 Å². The number of hydrogen-bond donors (Lipinski definition) is 0. The maximum Gasteiger partial charge on any atom is 0.307 e. The second kappa shape index (κ2) is 8.40. The molecule has 0 aliphatic carbocycles. The lowest BCUT2D eigenvalue weighted by atomic mass is 10.1. The van der Waals surface area contributed by atoms with Crippen LogP contribution >= 0.6 is 11.3 Å². The number of anilines is 1. The van der Waals surface area contributed by atoms with Gasteiger partial charge < -0.3 is 14.4 Å². The van der Waals surface area contributed by atoms with Crippen molar-refractivity contribution in [2.24, 2.45) is 0 Å². The predicted octanol–water partition coefficient (Wildman–Crippen LogP) is 3.55. The van der Waals surface area contributed by atoms with Crippen molar-refractivity contribution in [1.29, 1.82) is 0 Å². The summed E-state index contributed by atoms with van der Waals surface area (Å²) in [5.41, 5.74) is 3.11. The van der Waals surface area contributed by atoms with Crippen LogP contribution in [0.3, 0.4) is 0 Å². The molecule has 0 atom stereocenters. The van der Waals surface area contributed by atoms with Crippen molar-refractivity contribution in [2.75, 3.05) is 24.7 Å². The number of fused-ring (bicyclic) bond motifs is 1. The lowest BCUT2D eigenvalue weighted by Gasteiger charge is -2.29. The Kier molecular flexibility index (Phi) is 5.53. The molecule has 0 unspecified atom stereocenters. The Balaban J connectivity index is 1.61. The van der Waals surface area contributed by atoms with Crippen LogP contribution < -0.4 is 9.64 Å². The highest BCUT2D eigenvalue weighted by Gasteiger charge is 2.26. The zero-order valence-electron chi connectivity index (χ0n) is 15.8. The van der Waals surface area contributed by atoms with Gasteiger partial charge in [-0.3, -0.25) is 14.6 Å². The highest BCUT2D eigenvalue weighted by Crippen LogP contribution is 2.37. The van der Waals surface area contributed by atoms with Crippen LogP contribution in [0.4, 0.5) is 5.69 Å². The largest absolute Gasteiger partial charge is 0.482 e. The number of carbonyl (C=O) groups excluding carboxylic acids is 2. The molecule has 8 heteroatoms. The number of ether oxygens (including phenoxy) is 2. The van der Waals surface area contributed by atoms with Crippen LogP contribution in [0.15, 0.2) is 48.0 Å². The van der Waals surface area contributed by atoms with Crippen molar-refractivity contribution in [3.8, 4) is 27.7 Å². The summed E-state index contributed by atoms with van der Waals surface area (Å²) in [6.45, 7) is 2.27. The van der Waals surface area contributed by atoms with E-state index < -0.39 is 0 Å². The number of hydrogen-bond acceptors (Lipinski definition) is 7. The van der Waals surface area contributed by atoms with E-state index in [-0.39, 0.29) is 31.4 Å². The molecule has 7 nitrogen and oxygen atoms in total. The molecule has 0 spiro atoms. The third kappa shape index (κ3) is 4.12. The number of pyridine rings is 1. The van der Waals surface area contributed by atoms with Crippen LogP contribution in [0.2, 0.25) is 0 Å². The summed E-state index contributed by atoms with van der Waals surface area (Å²) in [6.07, 6.45) is 1.86. The molecule has 148 valence electrons. The van der Waals surface area contributed by atoms with Gasteiger partial charge in [-0.2, -0.15) is 0 Å². The Labute approximate surface area is 171 Å². The number of esters is 1. The molecule has 1 aliphatic heterocycles. The van der Waals surface area contributed by atoms with Gasteiger partial charge in [-0.25, -0.2) is 4.98 Å². The van der Waals surface area contributed by atoms with Crippen LogP contribution in [0.1, 0.15) is 13.3 Å². The first-order valence-corrected chi connectivity index (χ1v) is 10.1. The smallest absolute Gasteiger partial charge is 0.307 e. The van der Waals surface area contributed by atoms with Gasteiger partial charge in [0.1, 0.15) is 10.8 Å². The summed E-state index contributed by atoms with van der Waals surface area (Å²) in [4.78, 5) is 34.7. The highest BCUT2D eigenvalue weighted by atomic mass is 32.1. The van der Waals surface area contributed by atoms with Gasteiger partial charge in [0, 0.05) is 23.7 Å². The van der Waals surface area contributed by atoms with E-state index in [1.54, 1.807) is 18.0 Å². The van der Waals surface area contributed by atoms with Gasteiger partial charge in [-0.1, -0.05) is 6.07 Å². The second-order valence-electron chi connectivity index (χ2n) is 6.32. The van der Waals surface area contributed by atoms with Crippen molar-refractivity contribution < 1.29 is 19.1 Å². The Morgan fingerprint density at radius 1 is 1.28 bits per heavy atom. The molecule has 1 aliphatic rings. The number of amides is 1. The van der Waals surface area contributed by atoms with E-state index in [1.165, 1.54) is 11.3 Å². The highest BCUT2D eigenvalue weighted by molar-refractivity contribution is 7.13. The maximum atomic E-state index is 12.4. The number of thiazole rings is 1. The van der Waals surface area contributed by atoms with Crippen molar-refractivity contribution >= 4 is 28.9 Å². The number of benzene rings is 1. The van der Waals surface area contributed by atoms with Crippen molar-refractivity contribution in [3.05, 3.63) is 48.0 Å². The molecule has 3 aromatic rings. The zero-order valence-corrected chi connectivity index (χ0v) is 16.6. The van der Waals surface area contributed by atoms with Gasteiger partial charge in [0.25, 0.3) is 5.91 Å². The first-order valence-electron chi connectivity index (χ1n) is 9.26. The average Bonchev–Trinajstić information content (AvgIpc) is 3.24. The molecule has 29 heavy (non-hydrogen) atoms. The topological polar surface area (TPSA) is 81.6 Å². The van der Waals surface area contributed by atoms with E-state index in [9.17, 15) is 9.59 Å². The summed E-state index contributed by atoms with van der Waals surface area (Å²) in [7, 11) is 0. The summed E-state index contributed by atoms with van der Waals surface area (Å²) in [5.74, 6) is 0.0905. The first-order chi connectivity index (χ1) is 14.2. The lowest BCUT2D eigenvalue weighted by molar-refractivity contribution is -0.142. The molecule has 0 N–H and O–H groups in total. The third-order valence-electron chi connectivity index (χ3n) is 4.43. The van der Waals surface area contributed by atoms with Crippen LogP contribution in [-0.2, 0) is 14.3 Å². The van der Waals surface area contributed by atoms with E-state index in [2.05, 4.69) is 9.97 Å². The summed E-state index contributed by atoms with van der Waals surface area (Å²) in [5, 5.41) is 2.78. The van der Waals surface area contributed by atoms with E-state index in [0.717, 1.165) is 22.0 Å². The van der Waals surface area contributed by atoms with Crippen molar-refractivity contribution in [3.63, 3.8) is 0 Å². The van der Waals surface area contributed by atoms with Gasteiger partial charge in [-0.15, -0.1) is 11.3 Å². The fourth-order valence-electron chi connectivity index (χ4n) is 3.06. The van der Waals surface area contributed by atoms with E-state index in [1.807, 2.05) is 41.8 Å². The van der Waals surface area contributed by atoms with E-state index in [0.29, 0.717) is 18.0 Å². The summed E-state index contributed by atoms with van der Waals surface area (Å²) in [6, 6.07) is 11.3. The molecule has 2 aromatic heterocycles. The second-order valence-corrected chi connectivity index (χ2v) is 7.18. The van der Waals surface area contributed by atoms with Gasteiger partial charge in [0.2, 0.25) is 0 Å². The summed E-state index contributed by atoms with van der Waals surface area (Å²) >= 11 is 1.51. The number of carbonyl (C=O) groups is 2. The average molecular weight is 409 g/mol. The van der Waals surface area contributed by atoms with Crippen molar-refractivity contribution in [1.82, 2.24) is 9.97 Å². The summed E-state index contributed by atoms with van der Waals surface area (Å²) < 4.78 is 10.5. The monoisotopic (exact) mass is 409 g/mol.